The highest BCUT2D eigenvalue weighted by Crippen LogP contribution is 2.42. The van der Waals surface area contributed by atoms with Crippen molar-refractivity contribution in [1.82, 2.24) is 4.90 Å². The summed E-state index contributed by atoms with van der Waals surface area (Å²) in [6.07, 6.45) is -4.27. The van der Waals surface area contributed by atoms with Crippen molar-refractivity contribution in [2.75, 3.05) is 20.3 Å². The molecule has 3 aliphatic rings. The van der Waals surface area contributed by atoms with Gasteiger partial charge in [-0.3, -0.25) is 9.59 Å². The molecule has 4 N–H and O–H groups in total. The van der Waals surface area contributed by atoms with Gasteiger partial charge in [0.1, 0.15) is 35.6 Å². The van der Waals surface area contributed by atoms with E-state index in [1.165, 1.54) is 18.1 Å². The van der Waals surface area contributed by atoms with E-state index in [0.717, 1.165) is 11.1 Å². The highest BCUT2D eigenvalue weighted by Gasteiger charge is 2.47. The molecular weight excluding hydrogens is 546 g/mol. The average Bonchev–Trinajstić information content (AvgIpc) is 3.28. The fourth-order valence-electron chi connectivity index (χ4n) is 5.81. The number of ether oxygens (including phenoxy) is 4. The summed E-state index contributed by atoms with van der Waals surface area (Å²) >= 11 is 0. The summed E-state index contributed by atoms with van der Waals surface area (Å²) in [5, 5.41) is 43.9. The molecule has 0 saturated carbocycles. The van der Waals surface area contributed by atoms with E-state index >= 15 is 0 Å². The van der Waals surface area contributed by atoms with Crippen LogP contribution in [0.15, 0.2) is 36.4 Å². The van der Waals surface area contributed by atoms with Crippen molar-refractivity contribution in [3.05, 3.63) is 64.2 Å². The first-order valence-electron chi connectivity index (χ1n) is 13.4. The van der Waals surface area contributed by atoms with Gasteiger partial charge in [-0.2, -0.15) is 0 Å². The van der Waals surface area contributed by atoms with Crippen LogP contribution in [-0.2, 0) is 22.4 Å². The summed E-state index contributed by atoms with van der Waals surface area (Å²) in [7, 11) is 1.45. The Kier molecular flexibility index (Phi) is 7.16. The fourth-order valence-corrected chi connectivity index (χ4v) is 5.81. The van der Waals surface area contributed by atoms with Crippen molar-refractivity contribution in [2.45, 2.75) is 50.6 Å². The number of phenolic OH excluding ortho intramolecular Hbond substituents is 1. The molecule has 3 heterocycles. The standard InChI is InChI=1S/C31H29NO10/c1-15-9-17-10-18(39-2)11-22-25(17)27(36)24(15)21(34)13-32-12-20-16(5-3-7-19(20)30(32)38)6-4-8-40-29-26(35)23(14-33)42-31(41-22)28(29)37/h3,5,7,9-11,23,26,28-29,31,33,35-37H,6,12-14H2,1-2H3. The number of rotatable bonds is 2. The predicted octanol–water partition coefficient (Wildman–Crippen LogP) is 1.42. The number of aromatic hydroxyl groups is 1. The Balaban J connectivity index is 1.52. The smallest absolute Gasteiger partial charge is 0.254 e. The lowest BCUT2D eigenvalue weighted by Gasteiger charge is -2.40. The van der Waals surface area contributed by atoms with E-state index < -0.39 is 43.1 Å². The summed E-state index contributed by atoms with van der Waals surface area (Å²) in [5.74, 6) is 2.08. The van der Waals surface area contributed by atoms with Crippen LogP contribution in [0.25, 0.3) is 10.8 Å². The third kappa shape index (κ3) is 4.59. The third-order valence-electron chi connectivity index (χ3n) is 7.95. The molecule has 0 aromatic heterocycles. The van der Waals surface area contributed by atoms with Crippen molar-refractivity contribution >= 4 is 22.5 Å². The van der Waals surface area contributed by atoms with E-state index in [4.69, 9.17) is 18.9 Å². The molecule has 0 radical (unpaired) electrons. The van der Waals surface area contributed by atoms with Gasteiger partial charge in [0.25, 0.3) is 5.91 Å². The van der Waals surface area contributed by atoms with Crippen LogP contribution >= 0.6 is 0 Å². The molecule has 3 aromatic rings. The lowest BCUT2D eigenvalue weighted by Crippen LogP contribution is -2.60. The topological polar surface area (TPSA) is 155 Å². The van der Waals surface area contributed by atoms with Crippen LogP contribution < -0.4 is 9.47 Å². The molecule has 5 atom stereocenters. The summed E-state index contributed by atoms with van der Waals surface area (Å²) < 4.78 is 22.7. The summed E-state index contributed by atoms with van der Waals surface area (Å²) in [6.45, 7) is 0.994. The van der Waals surface area contributed by atoms with E-state index in [1.807, 2.05) is 6.07 Å². The van der Waals surface area contributed by atoms with Crippen molar-refractivity contribution in [3.63, 3.8) is 0 Å². The number of carbonyl (C=O) groups is 2. The van der Waals surface area contributed by atoms with Crippen LogP contribution in [0.5, 0.6) is 17.2 Å². The zero-order valence-corrected chi connectivity index (χ0v) is 22.9. The average molecular weight is 576 g/mol. The Morgan fingerprint density at radius 1 is 1.12 bits per heavy atom. The maximum Gasteiger partial charge on any atom is 0.254 e. The molecule has 1 saturated heterocycles. The molecule has 11 heteroatoms. The van der Waals surface area contributed by atoms with Gasteiger partial charge >= 0.3 is 0 Å². The molecule has 11 nitrogen and oxygen atoms in total. The Labute approximate surface area is 240 Å². The number of nitrogens with zero attached hydrogens (tertiary/aromatic N) is 1. The van der Waals surface area contributed by atoms with Crippen LogP contribution in [0, 0.1) is 19.0 Å². The zero-order valence-electron chi connectivity index (χ0n) is 22.9. The van der Waals surface area contributed by atoms with Gasteiger partial charge in [-0.15, -0.1) is 0 Å². The minimum Gasteiger partial charge on any atom is -0.506 e. The molecule has 5 unspecified atom stereocenters. The molecule has 6 bridgehead atoms. The second-order valence-corrected chi connectivity index (χ2v) is 10.5. The zero-order chi connectivity index (χ0) is 29.7. The summed E-state index contributed by atoms with van der Waals surface area (Å²) in [6, 6.07) is 10.0. The maximum absolute atomic E-state index is 13.7. The second-order valence-electron chi connectivity index (χ2n) is 10.5. The first kappa shape index (κ1) is 27.8. The number of carbonyl (C=O) groups excluding carboxylic acids is 2. The number of aliphatic hydroxyl groups excluding tert-OH is 3. The number of benzene rings is 3. The molecule has 0 spiro atoms. The number of amides is 1. The Morgan fingerprint density at radius 2 is 1.93 bits per heavy atom. The van der Waals surface area contributed by atoms with E-state index in [9.17, 15) is 30.0 Å². The maximum atomic E-state index is 13.7. The number of fused-ring (bicyclic) bond motifs is 4. The van der Waals surface area contributed by atoms with Gasteiger partial charge in [0, 0.05) is 24.6 Å². The third-order valence-corrected chi connectivity index (χ3v) is 7.95. The molecule has 3 aromatic carbocycles. The SMILES string of the molecule is COc1cc2c3c(O)c(c(C)cc3c1)C(=O)CN1Cc3c(cccc3C1=O)CC#COC1C(O)C(CO)OC(O2)C1O. The Bertz CT molecular complexity index is 1660. The number of methoxy groups -OCH3 is 1. The number of phenols is 1. The van der Waals surface area contributed by atoms with E-state index in [-0.39, 0.29) is 47.9 Å². The highest BCUT2D eigenvalue weighted by atomic mass is 16.7. The number of hydrogen-bond donors (Lipinski definition) is 4. The van der Waals surface area contributed by atoms with Crippen LogP contribution in [0.2, 0.25) is 0 Å². The molecule has 1 amide bonds. The van der Waals surface area contributed by atoms with Crippen LogP contribution in [0.3, 0.4) is 0 Å². The molecule has 3 aliphatic heterocycles. The van der Waals surface area contributed by atoms with E-state index in [0.29, 0.717) is 22.3 Å². The van der Waals surface area contributed by atoms with Crippen LogP contribution in [0.1, 0.15) is 37.4 Å². The summed E-state index contributed by atoms with van der Waals surface area (Å²) in [5.41, 5.74) is 2.46. The van der Waals surface area contributed by atoms with E-state index in [2.05, 4.69) is 12.0 Å². The van der Waals surface area contributed by atoms with Gasteiger partial charge < -0.3 is 44.3 Å². The first-order chi connectivity index (χ1) is 20.2. The largest absolute Gasteiger partial charge is 0.506 e. The minimum atomic E-state index is -1.57. The van der Waals surface area contributed by atoms with Crippen molar-refractivity contribution < 1.29 is 49.0 Å². The van der Waals surface area contributed by atoms with Crippen molar-refractivity contribution in [1.29, 1.82) is 0 Å². The monoisotopic (exact) mass is 575 g/mol. The van der Waals surface area contributed by atoms with Gasteiger partial charge in [0.05, 0.1) is 31.2 Å². The summed E-state index contributed by atoms with van der Waals surface area (Å²) in [4.78, 5) is 28.3. The van der Waals surface area contributed by atoms with Crippen LogP contribution in [0.4, 0.5) is 0 Å². The van der Waals surface area contributed by atoms with Gasteiger partial charge in [-0.25, -0.2) is 0 Å². The normalized spacial score (nSPS) is 25.3. The lowest BCUT2D eigenvalue weighted by molar-refractivity contribution is -0.276. The highest BCUT2D eigenvalue weighted by molar-refractivity contribution is 6.10. The first-order valence-corrected chi connectivity index (χ1v) is 13.4. The van der Waals surface area contributed by atoms with Gasteiger partial charge in [0.2, 0.25) is 6.29 Å². The number of hydrogen-bond acceptors (Lipinski definition) is 10. The lowest BCUT2D eigenvalue weighted by atomic mass is 9.96. The fraction of sp³-hybridized carbons (Fsp3) is 0.355. The van der Waals surface area contributed by atoms with E-state index in [1.54, 1.807) is 31.2 Å². The second kappa shape index (κ2) is 10.8. The molecule has 6 rings (SSSR count). The molecule has 218 valence electrons. The number of aliphatic hydroxyl groups is 3. The van der Waals surface area contributed by atoms with Crippen molar-refractivity contribution in [3.8, 4) is 29.3 Å². The number of ketones is 1. The molecule has 0 aliphatic carbocycles. The van der Waals surface area contributed by atoms with Gasteiger partial charge in [0.15, 0.2) is 18.0 Å². The van der Waals surface area contributed by atoms with Gasteiger partial charge in [-0.1, -0.05) is 24.1 Å². The Morgan fingerprint density at radius 3 is 2.69 bits per heavy atom. The Hall–Kier alpha value is -4.34. The molecule has 1 fully saturated rings. The molecule has 42 heavy (non-hydrogen) atoms. The number of Topliss-reactive ketones (excluding diaryl/α,β-unsaturated/α-hetero) is 1. The van der Waals surface area contributed by atoms with Crippen LogP contribution in [-0.4, -0.2) is 88.0 Å². The predicted molar refractivity (Wildman–Crippen MR) is 147 cm³/mol. The van der Waals surface area contributed by atoms with Gasteiger partial charge in [-0.05, 0) is 41.1 Å². The quantitative estimate of drug-likeness (QED) is 0.330. The minimum absolute atomic E-state index is 0.00766. The van der Waals surface area contributed by atoms with Crippen molar-refractivity contribution in [2.24, 2.45) is 0 Å². The number of aryl methyl sites for hydroxylation is 1. The molecular formula is C31H29NO10.